The number of hydrogen-bond acceptors (Lipinski definition) is 7. The predicted octanol–water partition coefficient (Wildman–Crippen LogP) is 0.120. The van der Waals surface area contributed by atoms with Gasteiger partial charge in [0.1, 0.15) is 12.2 Å². The van der Waals surface area contributed by atoms with Gasteiger partial charge in [-0.2, -0.15) is 0 Å². The van der Waals surface area contributed by atoms with Crippen molar-refractivity contribution in [2.24, 2.45) is 0 Å². The second kappa shape index (κ2) is 9.91. The Hall–Kier alpha value is -0.990. The van der Waals surface area contributed by atoms with Crippen molar-refractivity contribution in [3.05, 3.63) is 12.2 Å². The normalized spacial score (nSPS) is 29.2. The van der Waals surface area contributed by atoms with Gasteiger partial charge < -0.3 is 29.5 Å². The maximum atomic E-state index is 11.2. The Bertz CT molecular complexity index is 356. The summed E-state index contributed by atoms with van der Waals surface area (Å²) in [6.45, 7) is 3.57. The van der Waals surface area contributed by atoms with Crippen molar-refractivity contribution < 1.29 is 34.3 Å². The van der Waals surface area contributed by atoms with E-state index in [1.165, 1.54) is 6.08 Å². The fraction of sp³-hybridized carbons (Fsp3) is 0.800. The Morgan fingerprint density at radius 1 is 1.36 bits per heavy atom. The third-order valence-electron chi connectivity index (χ3n) is 3.12. The van der Waals surface area contributed by atoms with Crippen molar-refractivity contribution in [2.45, 2.75) is 63.8 Å². The standard InChI is InChI=1S/C15H26O7/c1-10(2)21-14(19)6-4-3-5-7-20-15-12(18)8-11(17)13(9-16)22-15/h4,6,10-13,15-18H,3,5,7-9H2,1-2H3/b6-4-/t11?,12-,13+,15?/m1/s1. The highest BCUT2D eigenvalue weighted by Crippen LogP contribution is 2.21. The molecule has 0 amide bonds. The number of carbonyl (C=O) groups excluding carboxylic acids is 1. The monoisotopic (exact) mass is 318 g/mol. The van der Waals surface area contributed by atoms with Crippen LogP contribution in [-0.4, -0.2) is 65.2 Å². The summed E-state index contributed by atoms with van der Waals surface area (Å²) in [7, 11) is 0. The van der Waals surface area contributed by atoms with Gasteiger partial charge in [0, 0.05) is 12.5 Å². The molecule has 22 heavy (non-hydrogen) atoms. The molecule has 7 heteroatoms. The van der Waals surface area contributed by atoms with Gasteiger partial charge in [-0.15, -0.1) is 0 Å². The van der Waals surface area contributed by atoms with Gasteiger partial charge in [0.05, 0.1) is 25.4 Å². The summed E-state index contributed by atoms with van der Waals surface area (Å²) < 4.78 is 15.6. The van der Waals surface area contributed by atoms with Crippen LogP contribution in [0.1, 0.15) is 33.1 Å². The van der Waals surface area contributed by atoms with Gasteiger partial charge in [-0.1, -0.05) is 6.08 Å². The second-order valence-corrected chi connectivity index (χ2v) is 5.50. The summed E-state index contributed by atoms with van der Waals surface area (Å²) in [5, 5.41) is 28.4. The van der Waals surface area contributed by atoms with Crippen LogP contribution < -0.4 is 0 Å². The first-order valence-corrected chi connectivity index (χ1v) is 7.55. The maximum Gasteiger partial charge on any atom is 0.330 e. The van der Waals surface area contributed by atoms with E-state index in [9.17, 15) is 15.0 Å². The Kier molecular flexibility index (Phi) is 8.59. The first-order valence-electron chi connectivity index (χ1n) is 7.55. The topological polar surface area (TPSA) is 105 Å². The van der Waals surface area contributed by atoms with Crippen LogP contribution in [-0.2, 0) is 19.0 Å². The Morgan fingerprint density at radius 3 is 2.73 bits per heavy atom. The third kappa shape index (κ3) is 6.85. The van der Waals surface area contributed by atoms with Crippen LogP contribution in [0.15, 0.2) is 12.2 Å². The minimum atomic E-state index is -0.922. The zero-order valence-corrected chi connectivity index (χ0v) is 13.1. The number of aliphatic hydroxyl groups excluding tert-OH is 3. The molecule has 4 atom stereocenters. The van der Waals surface area contributed by atoms with Crippen molar-refractivity contribution >= 4 is 5.97 Å². The molecule has 7 nitrogen and oxygen atoms in total. The van der Waals surface area contributed by atoms with Crippen molar-refractivity contribution in [1.82, 2.24) is 0 Å². The van der Waals surface area contributed by atoms with Gasteiger partial charge in [0.15, 0.2) is 6.29 Å². The fourth-order valence-corrected chi connectivity index (χ4v) is 2.03. The molecular weight excluding hydrogens is 292 g/mol. The molecule has 128 valence electrons. The average Bonchev–Trinajstić information content (AvgIpc) is 2.43. The highest BCUT2D eigenvalue weighted by Gasteiger charge is 2.36. The molecule has 3 N–H and O–H groups in total. The number of esters is 1. The van der Waals surface area contributed by atoms with Gasteiger partial charge in [-0.25, -0.2) is 4.79 Å². The fourth-order valence-electron chi connectivity index (χ4n) is 2.03. The van der Waals surface area contributed by atoms with Crippen LogP contribution in [0, 0.1) is 0 Å². The smallest absolute Gasteiger partial charge is 0.330 e. The van der Waals surface area contributed by atoms with E-state index in [-0.39, 0.29) is 25.1 Å². The van der Waals surface area contributed by atoms with E-state index in [1.54, 1.807) is 19.9 Å². The lowest BCUT2D eigenvalue weighted by Crippen LogP contribution is -2.49. The van der Waals surface area contributed by atoms with Crippen LogP contribution in [0.25, 0.3) is 0 Å². The Balaban J connectivity index is 2.18. The number of allylic oxidation sites excluding steroid dienone is 1. The van der Waals surface area contributed by atoms with Crippen molar-refractivity contribution in [1.29, 1.82) is 0 Å². The summed E-state index contributed by atoms with van der Waals surface area (Å²) in [5.74, 6) is -0.373. The molecule has 0 aromatic rings. The zero-order valence-electron chi connectivity index (χ0n) is 13.1. The first kappa shape index (κ1) is 19.1. The van der Waals surface area contributed by atoms with E-state index in [0.717, 1.165) is 0 Å². The highest BCUT2D eigenvalue weighted by molar-refractivity contribution is 5.81. The molecule has 1 fully saturated rings. The minimum Gasteiger partial charge on any atom is -0.460 e. The van der Waals surface area contributed by atoms with Crippen molar-refractivity contribution in [2.75, 3.05) is 13.2 Å². The molecule has 1 aliphatic heterocycles. The quantitative estimate of drug-likeness (QED) is 0.331. The number of carbonyl (C=O) groups is 1. The summed E-state index contributed by atoms with van der Waals surface area (Å²) >= 11 is 0. The van der Waals surface area contributed by atoms with Gasteiger partial charge in [0.2, 0.25) is 0 Å². The molecule has 0 radical (unpaired) electrons. The lowest BCUT2D eigenvalue weighted by atomic mass is 10.0. The third-order valence-corrected chi connectivity index (χ3v) is 3.12. The summed E-state index contributed by atoms with van der Waals surface area (Å²) in [5.41, 5.74) is 0. The molecule has 0 bridgehead atoms. The molecule has 2 unspecified atom stereocenters. The van der Waals surface area contributed by atoms with Crippen LogP contribution in [0.4, 0.5) is 0 Å². The van der Waals surface area contributed by atoms with Gasteiger partial charge >= 0.3 is 5.97 Å². The molecular formula is C15H26O7. The van der Waals surface area contributed by atoms with Crippen LogP contribution in [0.2, 0.25) is 0 Å². The SMILES string of the molecule is CC(C)OC(=O)/C=C\CCCOC1O[C@@H](CO)C(O)C[C@H]1O. The molecule has 1 aliphatic rings. The summed E-state index contributed by atoms with van der Waals surface area (Å²) in [4.78, 5) is 11.2. The van der Waals surface area contributed by atoms with E-state index >= 15 is 0 Å². The summed E-state index contributed by atoms with van der Waals surface area (Å²) in [6.07, 6.45) is 0.916. The number of aliphatic hydroxyl groups is 3. The molecule has 0 aromatic carbocycles. The molecule has 1 rings (SSSR count). The Labute approximate surface area is 130 Å². The average molecular weight is 318 g/mol. The van der Waals surface area contributed by atoms with E-state index < -0.39 is 24.6 Å². The van der Waals surface area contributed by atoms with Crippen LogP contribution >= 0.6 is 0 Å². The van der Waals surface area contributed by atoms with E-state index in [0.29, 0.717) is 19.4 Å². The number of ether oxygens (including phenoxy) is 3. The molecule has 0 saturated carbocycles. The first-order chi connectivity index (χ1) is 10.4. The predicted molar refractivity (Wildman–Crippen MR) is 77.9 cm³/mol. The maximum absolute atomic E-state index is 11.2. The van der Waals surface area contributed by atoms with Crippen molar-refractivity contribution in [3.63, 3.8) is 0 Å². The number of unbranched alkanes of at least 4 members (excludes halogenated alkanes) is 1. The van der Waals surface area contributed by atoms with Gasteiger partial charge in [0.25, 0.3) is 0 Å². The van der Waals surface area contributed by atoms with Crippen LogP contribution in [0.5, 0.6) is 0 Å². The summed E-state index contributed by atoms with van der Waals surface area (Å²) in [6, 6.07) is 0. The van der Waals surface area contributed by atoms with E-state index in [4.69, 9.17) is 19.3 Å². The molecule has 1 saturated heterocycles. The van der Waals surface area contributed by atoms with Crippen molar-refractivity contribution in [3.8, 4) is 0 Å². The number of rotatable bonds is 8. The lowest BCUT2D eigenvalue weighted by molar-refractivity contribution is -0.270. The van der Waals surface area contributed by atoms with E-state index in [2.05, 4.69) is 0 Å². The molecule has 1 heterocycles. The molecule has 0 aromatic heterocycles. The minimum absolute atomic E-state index is 0.108. The van der Waals surface area contributed by atoms with E-state index in [1.807, 2.05) is 0 Å². The zero-order chi connectivity index (χ0) is 16.5. The highest BCUT2D eigenvalue weighted by atomic mass is 16.7. The Morgan fingerprint density at radius 2 is 2.09 bits per heavy atom. The largest absolute Gasteiger partial charge is 0.460 e. The van der Waals surface area contributed by atoms with Gasteiger partial charge in [-0.05, 0) is 26.7 Å². The van der Waals surface area contributed by atoms with Gasteiger partial charge in [-0.3, -0.25) is 0 Å². The molecule has 0 spiro atoms. The van der Waals surface area contributed by atoms with Crippen LogP contribution in [0.3, 0.4) is 0 Å². The second-order valence-electron chi connectivity index (χ2n) is 5.50. The number of hydrogen-bond donors (Lipinski definition) is 3. The molecule has 0 aliphatic carbocycles. The lowest BCUT2D eigenvalue weighted by Gasteiger charge is -2.36.